The minimum atomic E-state index is -0.131. The van der Waals surface area contributed by atoms with Crippen LogP contribution in [0.15, 0.2) is 47.4 Å². The highest BCUT2D eigenvalue weighted by Crippen LogP contribution is 2.22. The number of hydrogen-bond acceptors (Lipinski definition) is 5. The number of nitrogens with one attached hydrogen (secondary N) is 1. The molecule has 1 atom stereocenters. The summed E-state index contributed by atoms with van der Waals surface area (Å²) < 4.78 is 6.97. The average molecular weight is 413 g/mol. The Kier molecular flexibility index (Phi) is 8.02. The van der Waals surface area contributed by atoms with Gasteiger partial charge >= 0.3 is 0 Å². The standard InChI is InChI=1S/C23H32N4O3/c1-18(2)30-13-7-11-24-23(29)20-10-6-12-26(17-20)21-14-22(28)27(25-15-21)16-19-8-4-3-5-9-19/h3-5,8-9,14-15,18,20H,6-7,10-13,16-17H2,1-2H3,(H,24,29)/t20-/m0/s1. The third-order valence-corrected chi connectivity index (χ3v) is 5.26. The first-order valence-electron chi connectivity index (χ1n) is 10.8. The molecule has 30 heavy (non-hydrogen) atoms. The maximum absolute atomic E-state index is 12.5. The van der Waals surface area contributed by atoms with Gasteiger partial charge in [0.05, 0.1) is 30.5 Å². The summed E-state index contributed by atoms with van der Waals surface area (Å²) in [6, 6.07) is 11.4. The van der Waals surface area contributed by atoms with E-state index in [-0.39, 0.29) is 23.5 Å². The summed E-state index contributed by atoms with van der Waals surface area (Å²) >= 11 is 0. The van der Waals surface area contributed by atoms with E-state index in [0.717, 1.165) is 37.1 Å². The molecule has 0 bridgehead atoms. The molecule has 2 heterocycles. The van der Waals surface area contributed by atoms with Crippen LogP contribution in [0.5, 0.6) is 0 Å². The van der Waals surface area contributed by atoms with Gasteiger partial charge < -0.3 is 15.0 Å². The zero-order chi connectivity index (χ0) is 21.3. The Hall–Kier alpha value is -2.67. The van der Waals surface area contributed by atoms with Crippen LogP contribution in [0.2, 0.25) is 0 Å². The van der Waals surface area contributed by atoms with Crippen molar-refractivity contribution < 1.29 is 9.53 Å². The number of aromatic nitrogens is 2. The lowest BCUT2D eigenvalue weighted by Gasteiger charge is -2.33. The molecular formula is C23H32N4O3. The van der Waals surface area contributed by atoms with E-state index in [1.54, 1.807) is 12.3 Å². The topological polar surface area (TPSA) is 76.5 Å². The molecule has 0 radical (unpaired) electrons. The Bertz CT molecular complexity index is 866. The molecule has 2 aromatic rings. The van der Waals surface area contributed by atoms with Crippen molar-refractivity contribution in [2.75, 3.05) is 31.1 Å². The summed E-state index contributed by atoms with van der Waals surface area (Å²) in [5.74, 6) is 0.00569. The normalized spacial score (nSPS) is 16.6. The van der Waals surface area contributed by atoms with Crippen LogP contribution in [0.1, 0.15) is 38.7 Å². The molecule has 1 aromatic carbocycles. The number of nitrogens with zero attached hydrogens (tertiary/aromatic N) is 3. The quantitative estimate of drug-likeness (QED) is 0.640. The summed E-state index contributed by atoms with van der Waals surface area (Å²) in [6.07, 6.45) is 4.53. The lowest BCUT2D eigenvalue weighted by Crippen LogP contribution is -2.44. The first kappa shape index (κ1) is 22.0. The van der Waals surface area contributed by atoms with Crippen LogP contribution in [-0.4, -0.2) is 48.0 Å². The minimum absolute atomic E-state index is 0.0727. The van der Waals surface area contributed by atoms with Crippen LogP contribution >= 0.6 is 0 Å². The Balaban J connectivity index is 1.54. The Morgan fingerprint density at radius 3 is 2.83 bits per heavy atom. The molecule has 7 nitrogen and oxygen atoms in total. The third kappa shape index (κ3) is 6.42. The highest BCUT2D eigenvalue weighted by Gasteiger charge is 2.26. The Morgan fingerprint density at radius 2 is 2.10 bits per heavy atom. The van der Waals surface area contributed by atoms with Crippen molar-refractivity contribution in [1.82, 2.24) is 15.1 Å². The average Bonchev–Trinajstić information content (AvgIpc) is 2.75. The predicted octanol–water partition coefficient (Wildman–Crippen LogP) is 2.44. The molecule has 1 saturated heterocycles. The predicted molar refractivity (Wildman–Crippen MR) is 118 cm³/mol. The molecular weight excluding hydrogens is 380 g/mol. The van der Waals surface area contributed by atoms with Gasteiger partial charge in [-0.05, 0) is 38.7 Å². The Morgan fingerprint density at radius 1 is 1.30 bits per heavy atom. The number of ether oxygens (including phenoxy) is 1. The van der Waals surface area contributed by atoms with Gasteiger partial charge in [-0.1, -0.05) is 30.3 Å². The summed E-state index contributed by atoms with van der Waals surface area (Å²) in [7, 11) is 0. The van der Waals surface area contributed by atoms with Gasteiger partial charge in [-0.2, -0.15) is 5.10 Å². The second kappa shape index (κ2) is 10.9. The van der Waals surface area contributed by atoms with Crippen molar-refractivity contribution in [3.05, 3.63) is 58.5 Å². The highest BCUT2D eigenvalue weighted by molar-refractivity contribution is 5.79. The van der Waals surface area contributed by atoms with Crippen LogP contribution in [-0.2, 0) is 16.1 Å². The molecule has 1 aliphatic heterocycles. The molecule has 3 rings (SSSR count). The number of piperidine rings is 1. The second-order valence-corrected chi connectivity index (χ2v) is 8.04. The number of hydrogen-bond donors (Lipinski definition) is 1. The molecule has 1 aromatic heterocycles. The number of amides is 1. The SMILES string of the molecule is CC(C)OCCCNC(=O)[C@H]1CCCN(c2cnn(Cc3ccccc3)c(=O)c2)C1. The summed E-state index contributed by atoms with van der Waals surface area (Å²) in [5.41, 5.74) is 1.69. The van der Waals surface area contributed by atoms with Gasteiger partial charge in [-0.15, -0.1) is 0 Å². The largest absolute Gasteiger partial charge is 0.379 e. The van der Waals surface area contributed by atoms with Crippen molar-refractivity contribution >= 4 is 11.6 Å². The Labute approximate surface area is 178 Å². The molecule has 1 aliphatic rings. The molecule has 0 saturated carbocycles. The summed E-state index contributed by atoms with van der Waals surface area (Å²) in [6.45, 7) is 7.17. The fraction of sp³-hybridized carbons (Fsp3) is 0.522. The van der Waals surface area contributed by atoms with Crippen LogP contribution in [0, 0.1) is 5.92 Å². The maximum Gasteiger partial charge on any atom is 0.269 e. The molecule has 1 N–H and O–H groups in total. The van der Waals surface area contributed by atoms with Crippen LogP contribution in [0.3, 0.4) is 0 Å². The summed E-state index contributed by atoms with van der Waals surface area (Å²) in [4.78, 5) is 27.2. The number of carbonyl (C=O) groups is 1. The van der Waals surface area contributed by atoms with E-state index in [1.807, 2.05) is 44.2 Å². The van der Waals surface area contributed by atoms with Gasteiger partial charge in [0.15, 0.2) is 0 Å². The molecule has 0 spiro atoms. The molecule has 162 valence electrons. The van der Waals surface area contributed by atoms with Gasteiger partial charge in [0.1, 0.15) is 0 Å². The van der Waals surface area contributed by atoms with E-state index < -0.39 is 0 Å². The highest BCUT2D eigenvalue weighted by atomic mass is 16.5. The zero-order valence-electron chi connectivity index (χ0n) is 17.9. The van der Waals surface area contributed by atoms with Crippen molar-refractivity contribution in [2.24, 2.45) is 5.92 Å². The number of carbonyl (C=O) groups excluding carboxylic acids is 1. The van der Waals surface area contributed by atoms with E-state index in [1.165, 1.54) is 4.68 Å². The zero-order valence-corrected chi connectivity index (χ0v) is 17.9. The second-order valence-electron chi connectivity index (χ2n) is 8.04. The lowest BCUT2D eigenvalue weighted by molar-refractivity contribution is -0.125. The minimum Gasteiger partial charge on any atom is -0.379 e. The van der Waals surface area contributed by atoms with Crippen molar-refractivity contribution in [1.29, 1.82) is 0 Å². The first-order chi connectivity index (χ1) is 14.5. The van der Waals surface area contributed by atoms with Gasteiger partial charge in [-0.25, -0.2) is 4.68 Å². The van der Waals surface area contributed by atoms with Crippen LogP contribution in [0.25, 0.3) is 0 Å². The van der Waals surface area contributed by atoms with Gasteiger partial charge in [-0.3, -0.25) is 9.59 Å². The number of benzene rings is 1. The smallest absolute Gasteiger partial charge is 0.269 e. The van der Waals surface area contributed by atoms with E-state index in [9.17, 15) is 9.59 Å². The van der Waals surface area contributed by atoms with E-state index in [4.69, 9.17) is 4.74 Å². The molecule has 7 heteroatoms. The lowest BCUT2D eigenvalue weighted by atomic mass is 9.97. The van der Waals surface area contributed by atoms with Crippen molar-refractivity contribution in [3.8, 4) is 0 Å². The van der Waals surface area contributed by atoms with Crippen LogP contribution < -0.4 is 15.8 Å². The molecule has 1 amide bonds. The first-order valence-corrected chi connectivity index (χ1v) is 10.8. The fourth-order valence-electron chi connectivity index (χ4n) is 3.64. The molecule has 0 unspecified atom stereocenters. The maximum atomic E-state index is 12.5. The van der Waals surface area contributed by atoms with E-state index >= 15 is 0 Å². The monoisotopic (exact) mass is 412 g/mol. The molecule has 1 fully saturated rings. The fourth-order valence-corrected chi connectivity index (χ4v) is 3.64. The van der Waals surface area contributed by atoms with Crippen LogP contribution in [0.4, 0.5) is 5.69 Å². The van der Waals surface area contributed by atoms with Gasteiger partial charge in [0, 0.05) is 32.3 Å². The van der Waals surface area contributed by atoms with Gasteiger partial charge in [0.25, 0.3) is 5.56 Å². The van der Waals surface area contributed by atoms with Crippen molar-refractivity contribution in [2.45, 2.75) is 45.8 Å². The van der Waals surface area contributed by atoms with E-state index in [0.29, 0.717) is 26.2 Å². The molecule has 0 aliphatic carbocycles. The summed E-state index contributed by atoms with van der Waals surface area (Å²) in [5, 5.41) is 7.37. The number of anilines is 1. The van der Waals surface area contributed by atoms with E-state index in [2.05, 4.69) is 15.3 Å². The number of rotatable bonds is 9. The van der Waals surface area contributed by atoms with Gasteiger partial charge in [0.2, 0.25) is 5.91 Å². The third-order valence-electron chi connectivity index (χ3n) is 5.26. The van der Waals surface area contributed by atoms with Crippen molar-refractivity contribution in [3.63, 3.8) is 0 Å².